The summed E-state index contributed by atoms with van der Waals surface area (Å²) >= 11 is 0. The van der Waals surface area contributed by atoms with Gasteiger partial charge in [0.05, 0.1) is 18.4 Å². The Hall–Kier alpha value is -2.83. The van der Waals surface area contributed by atoms with Crippen molar-refractivity contribution < 1.29 is 14.6 Å². The van der Waals surface area contributed by atoms with Crippen molar-refractivity contribution >= 4 is 0 Å². The second-order valence-corrected chi connectivity index (χ2v) is 9.58. The maximum absolute atomic E-state index is 11.1. The quantitative estimate of drug-likeness (QED) is 0.439. The highest BCUT2D eigenvalue weighted by molar-refractivity contribution is 5.27. The van der Waals surface area contributed by atoms with Crippen molar-refractivity contribution in [3.05, 3.63) is 77.6 Å². The molecule has 1 aliphatic heterocycles. The number of nitrogens with zero attached hydrogens (tertiary/aromatic N) is 3. The lowest BCUT2D eigenvalue weighted by Gasteiger charge is -2.27. The number of aryl methyl sites for hydroxylation is 3. The van der Waals surface area contributed by atoms with E-state index in [-0.39, 0.29) is 0 Å². The molecule has 0 amide bonds. The molecule has 1 aromatic heterocycles. The molecule has 1 atom stereocenters. The maximum atomic E-state index is 11.1. The number of ether oxygens (including phenoxy) is 2. The van der Waals surface area contributed by atoms with Gasteiger partial charge in [-0.3, -0.25) is 9.58 Å². The number of rotatable bonds is 10. The Morgan fingerprint density at radius 3 is 2.38 bits per heavy atom. The van der Waals surface area contributed by atoms with Gasteiger partial charge < -0.3 is 14.6 Å². The molecule has 2 heterocycles. The van der Waals surface area contributed by atoms with Gasteiger partial charge in [0, 0.05) is 32.3 Å². The minimum atomic E-state index is -0.772. The molecular formula is C28H37N3O3. The second-order valence-electron chi connectivity index (χ2n) is 9.58. The summed E-state index contributed by atoms with van der Waals surface area (Å²) in [5.74, 6) is 1.72. The zero-order valence-corrected chi connectivity index (χ0v) is 20.4. The summed E-state index contributed by atoms with van der Waals surface area (Å²) < 4.78 is 13.8. The highest BCUT2D eigenvalue weighted by Gasteiger charge is 2.31. The van der Waals surface area contributed by atoms with Crippen molar-refractivity contribution in [1.29, 1.82) is 0 Å². The summed E-state index contributed by atoms with van der Waals surface area (Å²) in [6, 6.07) is 16.4. The Balaban J connectivity index is 1.19. The number of aromatic nitrogens is 2. The molecule has 0 bridgehead atoms. The largest absolute Gasteiger partial charge is 0.494 e. The van der Waals surface area contributed by atoms with Crippen LogP contribution in [0.15, 0.2) is 60.9 Å². The van der Waals surface area contributed by atoms with E-state index in [1.165, 1.54) is 16.7 Å². The number of benzene rings is 2. The Morgan fingerprint density at radius 1 is 0.912 bits per heavy atom. The molecule has 0 saturated carbocycles. The fraction of sp³-hybridized carbons (Fsp3) is 0.464. The van der Waals surface area contributed by atoms with Crippen LogP contribution in [0.2, 0.25) is 0 Å². The van der Waals surface area contributed by atoms with Crippen LogP contribution >= 0.6 is 0 Å². The summed E-state index contributed by atoms with van der Waals surface area (Å²) in [5.41, 5.74) is 2.88. The monoisotopic (exact) mass is 463 g/mol. The summed E-state index contributed by atoms with van der Waals surface area (Å²) in [5, 5.41) is 15.4. The Kier molecular flexibility index (Phi) is 8.25. The average Bonchev–Trinajstić information content (AvgIpc) is 3.16. The summed E-state index contributed by atoms with van der Waals surface area (Å²) in [6.45, 7) is 8.72. The van der Waals surface area contributed by atoms with Gasteiger partial charge in [0.2, 0.25) is 0 Å². The molecule has 6 heteroatoms. The van der Waals surface area contributed by atoms with Crippen molar-refractivity contribution in [3.8, 4) is 11.5 Å². The van der Waals surface area contributed by atoms with Gasteiger partial charge in [-0.15, -0.1) is 0 Å². The molecule has 0 spiro atoms. The van der Waals surface area contributed by atoms with Gasteiger partial charge in [0.1, 0.15) is 18.1 Å². The number of hydrogen-bond acceptors (Lipinski definition) is 5. The van der Waals surface area contributed by atoms with Crippen molar-refractivity contribution in [2.24, 2.45) is 0 Å². The Bertz CT molecular complexity index is 1020. The molecule has 1 saturated heterocycles. The first kappa shape index (κ1) is 24.3. The standard InChI is InChI=1S/C28H37N3O3/c1-23-5-9-27(10-6-23)34-22-28(32)13-3-15-30(17-14-28)21-25-7-11-26(12-8-25)33-18-4-16-31-20-24(2)19-29-31/h5-12,19-20,32H,3-4,13-18,21-22H2,1-2H3/t28-/m1/s1. The first-order valence-electron chi connectivity index (χ1n) is 12.3. The number of likely N-dealkylation sites (tertiary alicyclic amines) is 1. The SMILES string of the molecule is Cc1ccc(OC[C@@]2(O)CCCN(Cc3ccc(OCCCn4cc(C)cn4)cc3)CC2)cc1. The summed E-state index contributed by atoms with van der Waals surface area (Å²) in [6.07, 6.45) is 7.30. The molecule has 1 fully saturated rings. The third-order valence-corrected chi connectivity index (χ3v) is 6.43. The molecule has 1 aliphatic rings. The number of aliphatic hydroxyl groups is 1. The van der Waals surface area contributed by atoms with Crippen LogP contribution in [0.1, 0.15) is 42.4 Å². The van der Waals surface area contributed by atoms with E-state index in [0.29, 0.717) is 13.2 Å². The van der Waals surface area contributed by atoms with E-state index in [4.69, 9.17) is 9.47 Å². The van der Waals surface area contributed by atoms with Crippen LogP contribution in [0.25, 0.3) is 0 Å². The topological polar surface area (TPSA) is 59.8 Å². The average molecular weight is 464 g/mol. The van der Waals surface area contributed by atoms with Gasteiger partial charge >= 0.3 is 0 Å². The fourth-order valence-electron chi connectivity index (χ4n) is 4.34. The van der Waals surface area contributed by atoms with Crippen molar-refractivity contribution in [2.75, 3.05) is 26.3 Å². The molecule has 2 aromatic carbocycles. The molecule has 0 radical (unpaired) electrons. The molecule has 0 unspecified atom stereocenters. The molecule has 3 aromatic rings. The van der Waals surface area contributed by atoms with E-state index in [1.54, 1.807) is 0 Å². The third-order valence-electron chi connectivity index (χ3n) is 6.43. The second kappa shape index (κ2) is 11.5. The summed E-state index contributed by atoms with van der Waals surface area (Å²) in [7, 11) is 0. The first-order valence-corrected chi connectivity index (χ1v) is 12.3. The van der Waals surface area contributed by atoms with E-state index in [1.807, 2.05) is 35.1 Å². The predicted octanol–water partition coefficient (Wildman–Crippen LogP) is 4.77. The molecular weight excluding hydrogens is 426 g/mol. The van der Waals surface area contributed by atoms with Crippen LogP contribution in [-0.2, 0) is 13.1 Å². The maximum Gasteiger partial charge on any atom is 0.119 e. The first-order chi connectivity index (χ1) is 16.5. The van der Waals surface area contributed by atoms with Crippen LogP contribution < -0.4 is 9.47 Å². The van der Waals surface area contributed by atoms with Gasteiger partial charge in [0.15, 0.2) is 0 Å². The highest BCUT2D eigenvalue weighted by Crippen LogP contribution is 2.25. The molecule has 6 nitrogen and oxygen atoms in total. The highest BCUT2D eigenvalue weighted by atomic mass is 16.5. The molecule has 182 valence electrons. The van der Waals surface area contributed by atoms with E-state index >= 15 is 0 Å². The summed E-state index contributed by atoms with van der Waals surface area (Å²) in [4.78, 5) is 2.42. The zero-order valence-electron chi connectivity index (χ0n) is 20.4. The van der Waals surface area contributed by atoms with Gasteiger partial charge in [-0.2, -0.15) is 5.10 Å². The van der Waals surface area contributed by atoms with Crippen LogP contribution in [0.3, 0.4) is 0 Å². The smallest absolute Gasteiger partial charge is 0.119 e. The van der Waals surface area contributed by atoms with E-state index in [0.717, 1.165) is 63.4 Å². The fourth-order valence-corrected chi connectivity index (χ4v) is 4.34. The van der Waals surface area contributed by atoms with Gasteiger partial charge in [-0.05, 0) is 75.0 Å². The number of hydrogen-bond donors (Lipinski definition) is 1. The minimum absolute atomic E-state index is 0.343. The van der Waals surface area contributed by atoms with Crippen LogP contribution in [0.4, 0.5) is 0 Å². The van der Waals surface area contributed by atoms with E-state index < -0.39 is 5.60 Å². The molecule has 34 heavy (non-hydrogen) atoms. The lowest BCUT2D eigenvalue weighted by molar-refractivity contribution is -0.0168. The zero-order chi connectivity index (χ0) is 23.8. The van der Waals surface area contributed by atoms with Gasteiger partial charge in [-0.25, -0.2) is 0 Å². The van der Waals surface area contributed by atoms with Crippen LogP contribution in [-0.4, -0.2) is 51.7 Å². The minimum Gasteiger partial charge on any atom is -0.494 e. The lowest BCUT2D eigenvalue weighted by atomic mass is 9.96. The van der Waals surface area contributed by atoms with Crippen LogP contribution in [0, 0.1) is 13.8 Å². The van der Waals surface area contributed by atoms with E-state index in [9.17, 15) is 5.11 Å². The van der Waals surface area contributed by atoms with Crippen molar-refractivity contribution in [1.82, 2.24) is 14.7 Å². The third kappa shape index (κ3) is 7.34. The Labute approximate surface area is 203 Å². The van der Waals surface area contributed by atoms with Gasteiger partial charge in [0.25, 0.3) is 0 Å². The van der Waals surface area contributed by atoms with Crippen LogP contribution in [0.5, 0.6) is 11.5 Å². The normalized spacial score (nSPS) is 19.0. The predicted molar refractivity (Wildman–Crippen MR) is 134 cm³/mol. The van der Waals surface area contributed by atoms with E-state index in [2.05, 4.69) is 54.3 Å². The van der Waals surface area contributed by atoms with Crippen molar-refractivity contribution in [3.63, 3.8) is 0 Å². The van der Waals surface area contributed by atoms with Gasteiger partial charge in [-0.1, -0.05) is 29.8 Å². The molecule has 1 N–H and O–H groups in total. The van der Waals surface area contributed by atoms with Crippen molar-refractivity contribution in [2.45, 2.75) is 58.2 Å². The lowest BCUT2D eigenvalue weighted by Crippen LogP contribution is -2.37. The molecule has 4 rings (SSSR count). The molecule has 0 aliphatic carbocycles. The Morgan fingerprint density at radius 2 is 1.65 bits per heavy atom.